The van der Waals surface area contributed by atoms with Crippen LogP contribution in [0.1, 0.15) is 15.9 Å². The van der Waals surface area contributed by atoms with E-state index < -0.39 is 10.0 Å². The van der Waals surface area contributed by atoms with Gasteiger partial charge in [-0.25, -0.2) is 8.42 Å². The van der Waals surface area contributed by atoms with Gasteiger partial charge in [-0.05, 0) is 48.0 Å². The highest BCUT2D eigenvalue weighted by Gasteiger charge is 2.26. The highest BCUT2D eigenvalue weighted by molar-refractivity contribution is 7.92. The molecular formula is C27H23ClN2O3S. The lowest BCUT2D eigenvalue weighted by atomic mass is 10.1. The summed E-state index contributed by atoms with van der Waals surface area (Å²) < 4.78 is 27.8. The number of carbonyl (C=O) groups is 1. The lowest BCUT2D eigenvalue weighted by Crippen LogP contribution is -2.31. The highest BCUT2D eigenvalue weighted by atomic mass is 35.5. The number of nitrogens with zero attached hydrogens (tertiary/aromatic N) is 2. The van der Waals surface area contributed by atoms with Crippen molar-refractivity contribution in [2.75, 3.05) is 16.3 Å². The van der Waals surface area contributed by atoms with E-state index in [4.69, 9.17) is 11.6 Å². The maximum absolute atomic E-state index is 13.7. The van der Waals surface area contributed by atoms with Crippen LogP contribution in [0.5, 0.6) is 0 Å². The van der Waals surface area contributed by atoms with E-state index in [2.05, 4.69) is 0 Å². The minimum absolute atomic E-state index is 0.0145. The second kappa shape index (κ2) is 10.1. The molecule has 0 atom stereocenters. The topological polar surface area (TPSA) is 57.7 Å². The molecule has 0 radical (unpaired) electrons. The van der Waals surface area contributed by atoms with Crippen molar-refractivity contribution in [3.8, 4) is 0 Å². The summed E-state index contributed by atoms with van der Waals surface area (Å²) in [5.41, 5.74) is 2.25. The molecule has 0 saturated heterocycles. The molecule has 0 saturated carbocycles. The average Bonchev–Trinajstić information content (AvgIpc) is 2.88. The molecule has 0 bridgehead atoms. The molecule has 0 aromatic heterocycles. The summed E-state index contributed by atoms with van der Waals surface area (Å²) in [6, 6.07) is 31.8. The van der Waals surface area contributed by atoms with Crippen LogP contribution in [0.2, 0.25) is 5.02 Å². The number of carbonyl (C=O) groups excluding carboxylic acids is 1. The minimum atomic E-state index is -3.91. The van der Waals surface area contributed by atoms with Crippen LogP contribution in [0.15, 0.2) is 114 Å². The fourth-order valence-corrected chi connectivity index (χ4v) is 4.98. The molecule has 4 rings (SSSR count). The predicted molar refractivity (Wildman–Crippen MR) is 137 cm³/mol. The smallest absolute Gasteiger partial charge is 0.264 e. The van der Waals surface area contributed by atoms with Gasteiger partial charge in [-0.2, -0.15) is 0 Å². The van der Waals surface area contributed by atoms with Crippen LogP contribution in [0, 0.1) is 0 Å². The van der Waals surface area contributed by atoms with E-state index in [1.54, 1.807) is 29.2 Å². The first-order valence-electron chi connectivity index (χ1n) is 10.6. The van der Waals surface area contributed by atoms with Crippen molar-refractivity contribution in [1.82, 2.24) is 0 Å². The molecule has 0 spiro atoms. The van der Waals surface area contributed by atoms with Crippen LogP contribution < -0.4 is 9.21 Å². The monoisotopic (exact) mass is 490 g/mol. The van der Waals surface area contributed by atoms with E-state index in [0.717, 1.165) is 5.56 Å². The fourth-order valence-electron chi connectivity index (χ4n) is 3.56. The Bertz CT molecular complexity index is 1380. The maximum Gasteiger partial charge on any atom is 0.264 e. The summed E-state index contributed by atoms with van der Waals surface area (Å²) in [5.74, 6) is -0.389. The van der Waals surface area contributed by atoms with Gasteiger partial charge in [-0.1, -0.05) is 78.3 Å². The summed E-state index contributed by atoms with van der Waals surface area (Å²) in [6.07, 6.45) is 0. The molecule has 34 heavy (non-hydrogen) atoms. The molecule has 172 valence electrons. The second-order valence-corrected chi connectivity index (χ2v) is 10.0. The standard InChI is InChI=1S/C27H23ClN2O3S/c1-29(22-13-7-3-8-14-22)34(32,33)24-17-18-26(28)25(19-24)27(31)30(23-15-9-4-10-16-23)20-21-11-5-2-6-12-21/h2-19H,20H2,1H3. The lowest BCUT2D eigenvalue weighted by molar-refractivity contribution is 0.0985. The fraction of sp³-hybridized carbons (Fsp3) is 0.0741. The van der Waals surface area contributed by atoms with Gasteiger partial charge in [-0.3, -0.25) is 9.10 Å². The zero-order chi connectivity index (χ0) is 24.1. The number of para-hydroxylation sites is 2. The molecule has 0 aliphatic heterocycles. The Balaban J connectivity index is 1.74. The van der Waals surface area contributed by atoms with Gasteiger partial charge in [0.1, 0.15) is 0 Å². The van der Waals surface area contributed by atoms with Crippen molar-refractivity contribution in [3.05, 3.63) is 125 Å². The summed E-state index contributed by atoms with van der Waals surface area (Å²) in [6.45, 7) is 0.306. The number of benzene rings is 4. The van der Waals surface area contributed by atoms with Gasteiger partial charge in [0.05, 0.1) is 27.7 Å². The van der Waals surface area contributed by atoms with Crippen LogP contribution in [-0.2, 0) is 16.6 Å². The third kappa shape index (κ3) is 4.98. The number of halogens is 1. The van der Waals surface area contributed by atoms with E-state index in [-0.39, 0.29) is 21.4 Å². The van der Waals surface area contributed by atoms with Crippen molar-refractivity contribution in [2.45, 2.75) is 11.4 Å². The quantitative estimate of drug-likeness (QED) is 0.318. The Hall–Kier alpha value is -3.61. The summed E-state index contributed by atoms with van der Waals surface area (Å²) in [5, 5.41) is 0.181. The minimum Gasteiger partial charge on any atom is -0.304 e. The summed E-state index contributed by atoms with van der Waals surface area (Å²) in [4.78, 5) is 15.3. The van der Waals surface area contributed by atoms with Crippen LogP contribution in [0.25, 0.3) is 0 Å². The molecule has 4 aromatic rings. The SMILES string of the molecule is CN(c1ccccc1)S(=O)(=O)c1ccc(Cl)c(C(=O)N(Cc2ccccc2)c2ccccc2)c1. The molecule has 0 unspecified atom stereocenters. The number of hydrogen-bond acceptors (Lipinski definition) is 3. The first-order valence-corrected chi connectivity index (χ1v) is 12.4. The summed E-state index contributed by atoms with van der Waals surface area (Å²) >= 11 is 6.42. The Morgan fingerprint density at radius 2 is 1.29 bits per heavy atom. The van der Waals surface area contributed by atoms with Gasteiger partial charge < -0.3 is 4.90 Å². The van der Waals surface area contributed by atoms with E-state index in [9.17, 15) is 13.2 Å². The molecule has 4 aromatic carbocycles. The van der Waals surface area contributed by atoms with Crippen LogP contribution in [0.4, 0.5) is 11.4 Å². The Morgan fingerprint density at radius 3 is 1.88 bits per heavy atom. The van der Waals surface area contributed by atoms with E-state index in [0.29, 0.717) is 17.9 Å². The van der Waals surface area contributed by atoms with Gasteiger partial charge >= 0.3 is 0 Å². The summed E-state index contributed by atoms with van der Waals surface area (Å²) in [7, 11) is -2.43. The lowest BCUT2D eigenvalue weighted by Gasteiger charge is -2.24. The van der Waals surface area contributed by atoms with Crippen molar-refractivity contribution in [2.24, 2.45) is 0 Å². The molecule has 0 heterocycles. The molecule has 5 nitrogen and oxygen atoms in total. The molecule has 0 fully saturated rings. The zero-order valence-corrected chi connectivity index (χ0v) is 20.1. The molecule has 1 amide bonds. The van der Waals surface area contributed by atoms with E-state index in [1.165, 1.54) is 29.6 Å². The van der Waals surface area contributed by atoms with Crippen molar-refractivity contribution < 1.29 is 13.2 Å². The van der Waals surface area contributed by atoms with Gasteiger partial charge in [0.15, 0.2) is 0 Å². The molecule has 0 aliphatic carbocycles. The number of sulfonamides is 1. The van der Waals surface area contributed by atoms with Crippen LogP contribution >= 0.6 is 11.6 Å². The second-order valence-electron chi connectivity index (χ2n) is 7.66. The maximum atomic E-state index is 13.7. The normalized spacial score (nSPS) is 11.1. The number of rotatable bonds is 7. The van der Waals surface area contributed by atoms with Crippen LogP contribution in [-0.4, -0.2) is 21.4 Å². The highest BCUT2D eigenvalue weighted by Crippen LogP contribution is 2.28. The van der Waals surface area contributed by atoms with E-state index >= 15 is 0 Å². The third-order valence-electron chi connectivity index (χ3n) is 5.44. The van der Waals surface area contributed by atoms with Crippen LogP contribution in [0.3, 0.4) is 0 Å². The molecule has 0 aliphatic rings. The number of amides is 1. The average molecular weight is 491 g/mol. The van der Waals surface area contributed by atoms with Crippen molar-refractivity contribution >= 4 is 38.9 Å². The molecule has 0 N–H and O–H groups in total. The van der Waals surface area contributed by atoms with E-state index in [1.807, 2.05) is 66.7 Å². The molecular weight excluding hydrogens is 468 g/mol. The van der Waals surface area contributed by atoms with Gasteiger partial charge in [0, 0.05) is 12.7 Å². The van der Waals surface area contributed by atoms with Gasteiger partial charge in [-0.15, -0.1) is 0 Å². The van der Waals surface area contributed by atoms with Gasteiger partial charge in [0.2, 0.25) is 0 Å². The number of hydrogen-bond donors (Lipinski definition) is 0. The molecule has 7 heteroatoms. The Morgan fingerprint density at radius 1 is 0.765 bits per heavy atom. The Kier molecular flexibility index (Phi) is 7.01. The zero-order valence-electron chi connectivity index (χ0n) is 18.5. The first kappa shape index (κ1) is 23.5. The first-order chi connectivity index (χ1) is 16.4. The predicted octanol–water partition coefficient (Wildman–Crippen LogP) is 6.01. The van der Waals surface area contributed by atoms with Crippen molar-refractivity contribution in [3.63, 3.8) is 0 Å². The number of anilines is 2. The van der Waals surface area contributed by atoms with Gasteiger partial charge in [0.25, 0.3) is 15.9 Å². The largest absolute Gasteiger partial charge is 0.304 e. The Labute approximate surface area is 204 Å². The van der Waals surface area contributed by atoms with Crippen molar-refractivity contribution in [1.29, 1.82) is 0 Å². The third-order valence-corrected chi connectivity index (χ3v) is 7.55.